The first-order valence-corrected chi connectivity index (χ1v) is 7.45. The van der Waals surface area contributed by atoms with Crippen molar-refractivity contribution in [2.24, 2.45) is 0 Å². The Morgan fingerprint density at radius 2 is 2.16 bits per heavy atom. The van der Waals surface area contributed by atoms with Crippen LogP contribution in [0.1, 0.15) is 42.1 Å². The Morgan fingerprint density at radius 3 is 3.00 bits per heavy atom. The molecule has 2 unspecified atom stereocenters. The van der Waals surface area contributed by atoms with Crippen LogP contribution in [-0.2, 0) is 17.6 Å². The molecule has 0 bridgehead atoms. The lowest BCUT2D eigenvalue weighted by Gasteiger charge is -2.15. The average Bonchev–Trinajstić information content (AvgIpc) is 3.08. The molecule has 1 aliphatic heterocycles. The molecule has 3 rings (SSSR count). The van der Waals surface area contributed by atoms with Crippen LogP contribution in [0.25, 0.3) is 0 Å². The predicted molar refractivity (Wildman–Crippen MR) is 75.3 cm³/mol. The van der Waals surface area contributed by atoms with E-state index in [1.54, 1.807) is 0 Å². The Balaban J connectivity index is 1.50. The molecule has 1 aromatic rings. The Bertz CT molecular complexity index is 427. The summed E-state index contributed by atoms with van der Waals surface area (Å²) in [6, 6.07) is 6.43. The average molecular weight is 261 g/mol. The van der Waals surface area contributed by atoms with E-state index in [4.69, 9.17) is 4.74 Å². The molecule has 1 aromatic carbocycles. The third-order valence-electron chi connectivity index (χ3n) is 4.24. The fourth-order valence-electron chi connectivity index (χ4n) is 3.10. The molecule has 0 amide bonds. The van der Waals surface area contributed by atoms with Gasteiger partial charge in [-0.15, -0.1) is 0 Å². The Morgan fingerprint density at radius 1 is 1.26 bits per heavy atom. The first-order valence-electron chi connectivity index (χ1n) is 7.45. The van der Waals surface area contributed by atoms with Crippen molar-refractivity contribution < 1.29 is 9.84 Å². The van der Waals surface area contributed by atoms with Gasteiger partial charge < -0.3 is 15.2 Å². The number of hydrogen-bond acceptors (Lipinski definition) is 3. The largest absolute Gasteiger partial charge is 0.387 e. The maximum absolute atomic E-state index is 10.2. The van der Waals surface area contributed by atoms with Crippen LogP contribution in [0.3, 0.4) is 0 Å². The Labute approximate surface area is 115 Å². The summed E-state index contributed by atoms with van der Waals surface area (Å²) in [6.45, 7) is 2.35. The number of aliphatic hydroxyl groups is 1. The molecule has 1 heterocycles. The van der Waals surface area contributed by atoms with Crippen molar-refractivity contribution in [1.29, 1.82) is 0 Å². The van der Waals surface area contributed by atoms with Gasteiger partial charge in [0.05, 0.1) is 12.2 Å². The van der Waals surface area contributed by atoms with Crippen molar-refractivity contribution in [3.63, 3.8) is 0 Å². The third kappa shape index (κ3) is 3.16. The van der Waals surface area contributed by atoms with Gasteiger partial charge in [0.2, 0.25) is 0 Å². The van der Waals surface area contributed by atoms with Crippen LogP contribution in [-0.4, -0.2) is 30.9 Å². The molecule has 2 aliphatic rings. The van der Waals surface area contributed by atoms with E-state index in [0.29, 0.717) is 12.6 Å². The van der Waals surface area contributed by atoms with Gasteiger partial charge in [-0.05, 0) is 48.8 Å². The van der Waals surface area contributed by atoms with E-state index >= 15 is 0 Å². The standard InChI is InChI=1S/C16H23NO2/c18-16(11-17-10-15-5-2-8-19-15)14-7-6-12-3-1-4-13(12)9-14/h6-7,9,15-18H,1-5,8,10-11H2. The molecular formula is C16H23NO2. The summed E-state index contributed by atoms with van der Waals surface area (Å²) in [7, 11) is 0. The van der Waals surface area contributed by atoms with Crippen molar-refractivity contribution in [3.8, 4) is 0 Å². The molecule has 0 spiro atoms. The number of aryl methyl sites for hydroxylation is 2. The minimum atomic E-state index is -0.410. The number of ether oxygens (including phenoxy) is 1. The summed E-state index contributed by atoms with van der Waals surface area (Å²) in [5, 5.41) is 13.5. The van der Waals surface area contributed by atoms with E-state index in [1.807, 2.05) is 0 Å². The zero-order chi connectivity index (χ0) is 13.1. The second kappa shape index (κ2) is 6.04. The SMILES string of the molecule is OC(CNCC1CCCO1)c1ccc2c(c1)CCC2. The quantitative estimate of drug-likeness (QED) is 0.851. The van der Waals surface area contributed by atoms with Crippen molar-refractivity contribution in [3.05, 3.63) is 34.9 Å². The van der Waals surface area contributed by atoms with Crippen molar-refractivity contribution in [2.75, 3.05) is 19.7 Å². The lowest BCUT2D eigenvalue weighted by molar-refractivity contribution is 0.103. The van der Waals surface area contributed by atoms with Gasteiger partial charge >= 0.3 is 0 Å². The van der Waals surface area contributed by atoms with Gasteiger partial charge in [0, 0.05) is 19.7 Å². The van der Waals surface area contributed by atoms with Crippen LogP contribution in [0.15, 0.2) is 18.2 Å². The first kappa shape index (κ1) is 13.1. The topological polar surface area (TPSA) is 41.5 Å². The van der Waals surface area contributed by atoms with Crippen LogP contribution in [0.5, 0.6) is 0 Å². The Kier molecular flexibility index (Phi) is 4.16. The van der Waals surface area contributed by atoms with Crippen LogP contribution in [0.2, 0.25) is 0 Å². The van der Waals surface area contributed by atoms with E-state index in [0.717, 1.165) is 25.1 Å². The van der Waals surface area contributed by atoms with Crippen LogP contribution in [0, 0.1) is 0 Å². The van der Waals surface area contributed by atoms with Gasteiger partial charge in [0.1, 0.15) is 0 Å². The molecule has 2 atom stereocenters. The van der Waals surface area contributed by atoms with E-state index in [1.165, 1.54) is 36.8 Å². The number of rotatable bonds is 5. The highest BCUT2D eigenvalue weighted by molar-refractivity contribution is 5.36. The van der Waals surface area contributed by atoms with Gasteiger partial charge in [-0.25, -0.2) is 0 Å². The van der Waals surface area contributed by atoms with E-state index in [-0.39, 0.29) is 0 Å². The highest BCUT2D eigenvalue weighted by atomic mass is 16.5. The highest BCUT2D eigenvalue weighted by Gasteiger charge is 2.17. The smallest absolute Gasteiger partial charge is 0.0914 e. The van der Waals surface area contributed by atoms with Gasteiger partial charge in [-0.3, -0.25) is 0 Å². The molecule has 3 heteroatoms. The number of nitrogens with one attached hydrogen (secondary N) is 1. The molecule has 1 saturated heterocycles. The number of aliphatic hydroxyl groups excluding tert-OH is 1. The van der Waals surface area contributed by atoms with E-state index in [2.05, 4.69) is 23.5 Å². The fraction of sp³-hybridized carbons (Fsp3) is 0.625. The van der Waals surface area contributed by atoms with Crippen molar-refractivity contribution >= 4 is 0 Å². The summed E-state index contributed by atoms with van der Waals surface area (Å²) in [6.07, 6.45) is 5.86. The lowest BCUT2D eigenvalue weighted by atomic mass is 10.0. The molecule has 0 aromatic heterocycles. The van der Waals surface area contributed by atoms with Crippen LogP contribution < -0.4 is 5.32 Å². The van der Waals surface area contributed by atoms with Crippen molar-refractivity contribution in [2.45, 2.75) is 44.3 Å². The molecule has 19 heavy (non-hydrogen) atoms. The zero-order valence-electron chi connectivity index (χ0n) is 11.4. The molecule has 104 valence electrons. The zero-order valence-corrected chi connectivity index (χ0v) is 11.4. The summed E-state index contributed by atoms with van der Waals surface area (Å²) in [5.74, 6) is 0. The molecule has 0 radical (unpaired) electrons. The van der Waals surface area contributed by atoms with Gasteiger partial charge in [0.25, 0.3) is 0 Å². The van der Waals surface area contributed by atoms with Gasteiger partial charge in [0.15, 0.2) is 0 Å². The second-order valence-corrected chi connectivity index (χ2v) is 5.69. The normalized spacial score (nSPS) is 23.5. The fourth-order valence-corrected chi connectivity index (χ4v) is 3.10. The lowest BCUT2D eigenvalue weighted by Crippen LogP contribution is -2.29. The summed E-state index contributed by atoms with van der Waals surface area (Å²) >= 11 is 0. The van der Waals surface area contributed by atoms with Crippen molar-refractivity contribution in [1.82, 2.24) is 5.32 Å². The molecular weight excluding hydrogens is 238 g/mol. The predicted octanol–water partition coefficient (Wildman–Crippen LogP) is 1.98. The Hall–Kier alpha value is -0.900. The summed E-state index contributed by atoms with van der Waals surface area (Å²) < 4.78 is 5.56. The number of fused-ring (bicyclic) bond motifs is 1. The molecule has 2 N–H and O–H groups in total. The van der Waals surface area contributed by atoms with E-state index in [9.17, 15) is 5.11 Å². The molecule has 1 fully saturated rings. The van der Waals surface area contributed by atoms with Gasteiger partial charge in [-0.2, -0.15) is 0 Å². The molecule has 1 aliphatic carbocycles. The number of hydrogen-bond donors (Lipinski definition) is 2. The maximum atomic E-state index is 10.2. The minimum Gasteiger partial charge on any atom is -0.387 e. The summed E-state index contributed by atoms with van der Waals surface area (Å²) in [5.41, 5.74) is 3.93. The molecule has 3 nitrogen and oxygen atoms in total. The second-order valence-electron chi connectivity index (χ2n) is 5.69. The molecule has 0 saturated carbocycles. The highest BCUT2D eigenvalue weighted by Crippen LogP contribution is 2.25. The first-order chi connectivity index (χ1) is 9.33. The maximum Gasteiger partial charge on any atom is 0.0914 e. The number of benzene rings is 1. The van der Waals surface area contributed by atoms with Crippen LogP contribution >= 0.6 is 0 Å². The van der Waals surface area contributed by atoms with E-state index < -0.39 is 6.10 Å². The summed E-state index contributed by atoms with van der Waals surface area (Å²) in [4.78, 5) is 0. The third-order valence-corrected chi connectivity index (χ3v) is 4.24. The minimum absolute atomic E-state index is 0.340. The van der Waals surface area contributed by atoms with Crippen LogP contribution in [0.4, 0.5) is 0 Å². The van der Waals surface area contributed by atoms with Gasteiger partial charge in [-0.1, -0.05) is 18.2 Å². The monoisotopic (exact) mass is 261 g/mol.